The van der Waals surface area contributed by atoms with E-state index in [2.05, 4.69) is 5.16 Å². The molecule has 1 heterocycles. The van der Waals surface area contributed by atoms with E-state index in [0.717, 1.165) is 34.0 Å². The van der Waals surface area contributed by atoms with Crippen LogP contribution in [0.15, 0.2) is 22.7 Å². The number of likely N-dealkylation sites (N-methyl/N-ethyl adjacent to an activating group) is 1. The van der Waals surface area contributed by atoms with E-state index in [0.29, 0.717) is 6.54 Å². The van der Waals surface area contributed by atoms with E-state index in [4.69, 9.17) is 9.26 Å². The van der Waals surface area contributed by atoms with Gasteiger partial charge in [-0.15, -0.1) is 0 Å². The number of nitrogens with zero attached hydrogens (tertiary/aromatic N) is 2. The molecule has 0 radical (unpaired) electrons. The van der Waals surface area contributed by atoms with Crippen LogP contribution in [-0.2, 0) is 0 Å². The summed E-state index contributed by atoms with van der Waals surface area (Å²) in [6.07, 6.45) is -0.599. The van der Waals surface area contributed by atoms with Gasteiger partial charge < -0.3 is 19.3 Å². The summed E-state index contributed by atoms with van der Waals surface area (Å²) in [5.74, 6) is 1.60. The summed E-state index contributed by atoms with van der Waals surface area (Å²) in [6, 6.07) is 6.01. The monoisotopic (exact) mass is 304 g/mol. The van der Waals surface area contributed by atoms with Crippen LogP contribution in [0.4, 0.5) is 5.69 Å². The summed E-state index contributed by atoms with van der Waals surface area (Å²) < 4.78 is 10.9. The van der Waals surface area contributed by atoms with Crippen molar-refractivity contribution >= 4 is 5.69 Å². The summed E-state index contributed by atoms with van der Waals surface area (Å²) in [6.45, 7) is 8.47. The lowest BCUT2D eigenvalue weighted by Gasteiger charge is -2.23. The second-order valence-electron chi connectivity index (χ2n) is 5.74. The van der Waals surface area contributed by atoms with Crippen LogP contribution in [-0.4, -0.2) is 36.6 Å². The molecule has 5 heteroatoms. The first-order chi connectivity index (χ1) is 10.4. The van der Waals surface area contributed by atoms with Gasteiger partial charge in [0.2, 0.25) is 0 Å². The van der Waals surface area contributed by atoms with Crippen LogP contribution in [0.5, 0.6) is 5.75 Å². The molecule has 0 aliphatic heterocycles. The number of aliphatic hydroxyl groups excluding tert-OH is 1. The Hall–Kier alpha value is -2.01. The molecule has 120 valence electrons. The fraction of sp³-hybridized carbons (Fsp3) is 0.471. The van der Waals surface area contributed by atoms with Gasteiger partial charge in [-0.3, -0.25) is 0 Å². The van der Waals surface area contributed by atoms with Crippen molar-refractivity contribution in [3.8, 4) is 5.75 Å². The van der Waals surface area contributed by atoms with Crippen molar-refractivity contribution < 1.29 is 14.4 Å². The normalized spacial score (nSPS) is 12.3. The zero-order valence-corrected chi connectivity index (χ0v) is 13.9. The van der Waals surface area contributed by atoms with Gasteiger partial charge in [-0.1, -0.05) is 23.4 Å². The van der Waals surface area contributed by atoms with Crippen molar-refractivity contribution in [3.05, 3.63) is 40.8 Å². The molecular weight excluding hydrogens is 280 g/mol. The van der Waals surface area contributed by atoms with Gasteiger partial charge in [-0.2, -0.15) is 0 Å². The molecule has 1 aromatic carbocycles. The standard InChI is InChI=1S/C17H24N2O3/c1-11-7-6-8-12(2)17(11)21-10-15(20)9-19(5)16-13(3)18-22-14(16)4/h6-8,15,20H,9-10H2,1-5H3. The minimum Gasteiger partial charge on any atom is -0.490 e. The lowest BCUT2D eigenvalue weighted by Crippen LogP contribution is -2.33. The predicted octanol–water partition coefficient (Wildman–Crippen LogP) is 2.78. The predicted molar refractivity (Wildman–Crippen MR) is 86.7 cm³/mol. The van der Waals surface area contributed by atoms with Crippen LogP contribution in [0.2, 0.25) is 0 Å². The maximum atomic E-state index is 10.2. The molecule has 0 bridgehead atoms. The molecule has 0 fully saturated rings. The molecule has 5 nitrogen and oxygen atoms in total. The molecule has 1 unspecified atom stereocenters. The quantitative estimate of drug-likeness (QED) is 0.889. The number of ether oxygens (including phenoxy) is 1. The second kappa shape index (κ2) is 6.83. The van der Waals surface area contributed by atoms with E-state index < -0.39 is 6.10 Å². The number of para-hydroxylation sites is 1. The summed E-state index contributed by atoms with van der Waals surface area (Å²) in [5, 5.41) is 14.2. The van der Waals surface area contributed by atoms with Gasteiger partial charge in [0.15, 0.2) is 5.76 Å². The topological polar surface area (TPSA) is 58.7 Å². The number of benzene rings is 1. The molecule has 0 spiro atoms. The second-order valence-corrected chi connectivity index (χ2v) is 5.74. The Morgan fingerprint density at radius 3 is 2.41 bits per heavy atom. The van der Waals surface area contributed by atoms with Crippen molar-refractivity contribution in [3.63, 3.8) is 0 Å². The van der Waals surface area contributed by atoms with Gasteiger partial charge in [-0.05, 0) is 38.8 Å². The van der Waals surface area contributed by atoms with E-state index in [9.17, 15) is 5.11 Å². The Morgan fingerprint density at radius 1 is 1.23 bits per heavy atom. The number of hydrogen-bond acceptors (Lipinski definition) is 5. The lowest BCUT2D eigenvalue weighted by atomic mass is 10.1. The summed E-state index contributed by atoms with van der Waals surface area (Å²) in [5.41, 5.74) is 3.89. The third-order valence-electron chi connectivity index (χ3n) is 3.69. The van der Waals surface area contributed by atoms with Crippen molar-refractivity contribution in [1.82, 2.24) is 5.16 Å². The molecule has 1 aromatic heterocycles. The third kappa shape index (κ3) is 3.60. The highest BCUT2D eigenvalue weighted by molar-refractivity contribution is 5.52. The number of aliphatic hydroxyl groups is 1. The maximum absolute atomic E-state index is 10.2. The molecule has 0 aliphatic rings. The van der Waals surface area contributed by atoms with Crippen molar-refractivity contribution in [2.24, 2.45) is 0 Å². The molecule has 2 aromatic rings. The molecule has 0 amide bonds. The van der Waals surface area contributed by atoms with E-state index in [-0.39, 0.29) is 6.61 Å². The van der Waals surface area contributed by atoms with Crippen LogP contribution in [0.25, 0.3) is 0 Å². The van der Waals surface area contributed by atoms with Crippen LogP contribution in [0, 0.1) is 27.7 Å². The highest BCUT2D eigenvalue weighted by atomic mass is 16.5. The van der Waals surface area contributed by atoms with Gasteiger partial charge in [0.25, 0.3) is 0 Å². The summed E-state index contributed by atoms with van der Waals surface area (Å²) in [4.78, 5) is 1.94. The van der Waals surface area contributed by atoms with E-state index in [1.165, 1.54) is 0 Å². The van der Waals surface area contributed by atoms with Crippen molar-refractivity contribution in [2.75, 3.05) is 25.1 Å². The fourth-order valence-corrected chi connectivity index (χ4v) is 2.69. The number of rotatable bonds is 6. The van der Waals surface area contributed by atoms with Crippen LogP contribution < -0.4 is 9.64 Å². The summed E-state index contributed by atoms with van der Waals surface area (Å²) in [7, 11) is 1.91. The van der Waals surface area contributed by atoms with E-state index in [1.54, 1.807) is 0 Å². The first kappa shape index (κ1) is 16.4. The molecule has 2 rings (SSSR count). The molecule has 22 heavy (non-hydrogen) atoms. The van der Waals surface area contributed by atoms with Crippen LogP contribution in [0.3, 0.4) is 0 Å². The minimum absolute atomic E-state index is 0.249. The zero-order valence-electron chi connectivity index (χ0n) is 13.9. The van der Waals surface area contributed by atoms with Crippen LogP contribution in [0.1, 0.15) is 22.6 Å². The first-order valence-corrected chi connectivity index (χ1v) is 7.41. The van der Waals surface area contributed by atoms with E-state index in [1.807, 2.05) is 57.8 Å². The van der Waals surface area contributed by atoms with Gasteiger partial charge >= 0.3 is 0 Å². The number of anilines is 1. The van der Waals surface area contributed by atoms with Gasteiger partial charge in [0.1, 0.15) is 29.8 Å². The molecule has 0 saturated heterocycles. The van der Waals surface area contributed by atoms with E-state index >= 15 is 0 Å². The van der Waals surface area contributed by atoms with Crippen LogP contribution >= 0.6 is 0 Å². The zero-order chi connectivity index (χ0) is 16.3. The maximum Gasteiger partial charge on any atom is 0.157 e. The van der Waals surface area contributed by atoms with Gasteiger partial charge in [0, 0.05) is 13.6 Å². The number of hydrogen-bond donors (Lipinski definition) is 1. The Bertz CT molecular complexity index is 597. The van der Waals surface area contributed by atoms with Gasteiger partial charge in [0.05, 0.1) is 0 Å². The Kier molecular flexibility index (Phi) is 5.08. The Labute approximate surface area is 131 Å². The first-order valence-electron chi connectivity index (χ1n) is 7.41. The summed E-state index contributed by atoms with van der Waals surface area (Å²) >= 11 is 0. The lowest BCUT2D eigenvalue weighted by molar-refractivity contribution is 0.112. The smallest absolute Gasteiger partial charge is 0.157 e. The Morgan fingerprint density at radius 2 is 1.86 bits per heavy atom. The average Bonchev–Trinajstić information content (AvgIpc) is 2.77. The number of aromatic nitrogens is 1. The Balaban J connectivity index is 1.95. The largest absolute Gasteiger partial charge is 0.490 e. The van der Waals surface area contributed by atoms with Crippen molar-refractivity contribution in [1.29, 1.82) is 0 Å². The number of aryl methyl sites for hydroxylation is 4. The highest BCUT2D eigenvalue weighted by Gasteiger charge is 2.17. The van der Waals surface area contributed by atoms with Gasteiger partial charge in [-0.25, -0.2) is 0 Å². The molecule has 0 aliphatic carbocycles. The molecule has 1 N–H and O–H groups in total. The molecular formula is C17H24N2O3. The fourth-order valence-electron chi connectivity index (χ4n) is 2.69. The van der Waals surface area contributed by atoms with Crippen molar-refractivity contribution in [2.45, 2.75) is 33.8 Å². The third-order valence-corrected chi connectivity index (χ3v) is 3.69. The molecule has 1 atom stereocenters. The highest BCUT2D eigenvalue weighted by Crippen LogP contribution is 2.24. The minimum atomic E-state index is -0.599. The average molecular weight is 304 g/mol. The SMILES string of the molecule is Cc1cccc(C)c1OCC(O)CN(C)c1c(C)noc1C. The molecule has 0 saturated carbocycles.